The lowest BCUT2D eigenvalue weighted by Gasteiger charge is -2.33. The Morgan fingerprint density at radius 3 is 2.88 bits per heavy atom. The first kappa shape index (κ1) is 15.9. The molecular formula is C21H23N3O. The van der Waals surface area contributed by atoms with Crippen LogP contribution in [0.25, 0.3) is 10.8 Å². The lowest BCUT2D eigenvalue weighted by molar-refractivity contribution is 0.208. The normalized spacial score (nSPS) is 18.3. The van der Waals surface area contributed by atoms with E-state index in [9.17, 15) is 4.79 Å². The van der Waals surface area contributed by atoms with Crippen molar-refractivity contribution in [1.29, 1.82) is 0 Å². The second-order valence-electron chi connectivity index (χ2n) is 6.81. The number of fused-ring (bicyclic) bond motifs is 1. The van der Waals surface area contributed by atoms with Crippen LogP contribution in [0.4, 0.5) is 5.69 Å². The number of aromatic amines is 1. The Labute approximate surface area is 147 Å². The molecule has 0 amide bonds. The zero-order chi connectivity index (χ0) is 17.1. The van der Waals surface area contributed by atoms with Gasteiger partial charge < -0.3 is 10.3 Å². The monoisotopic (exact) mass is 333 g/mol. The van der Waals surface area contributed by atoms with E-state index in [-0.39, 0.29) is 5.56 Å². The van der Waals surface area contributed by atoms with E-state index < -0.39 is 0 Å². The van der Waals surface area contributed by atoms with E-state index in [0.717, 1.165) is 36.1 Å². The molecule has 1 fully saturated rings. The predicted octanol–water partition coefficient (Wildman–Crippen LogP) is 3.60. The summed E-state index contributed by atoms with van der Waals surface area (Å²) in [5.74, 6) is 0. The average Bonchev–Trinajstić information content (AvgIpc) is 2.63. The van der Waals surface area contributed by atoms with Gasteiger partial charge in [0.15, 0.2) is 0 Å². The molecule has 4 rings (SSSR count). The van der Waals surface area contributed by atoms with Crippen molar-refractivity contribution in [1.82, 2.24) is 9.88 Å². The number of hydrogen-bond acceptors (Lipinski definition) is 3. The molecule has 25 heavy (non-hydrogen) atoms. The van der Waals surface area contributed by atoms with Gasteiger partial charge in [0.2, 0.25) is 0 Å². The molecule has 0 bridgehead atoms. The molecule has 0 aliphatic carbocycles. The van der Waals surface area contributed by atoms with E-state index in [1.807, 2.05) is 18.2 Å². The van der Waals surface area contributed by atoms with Crippen molar-refractivity contribution in [3.8, 4) is 0 Å². The molecular weight excluding hydrogens is 310 g/mol. The average molecular weight is 333 g/mol. The highest BCUT2D eigenvalue weighted by Crippen LogP contribution is 2.20. The van der Waals surface area contributed by atoms with Crippen molar-refractivity contribution in [3.05, 3.63) is 76.7 Å². The Bertz CT molecular complexity index is 904. The number of hydrogen-bond donors (Lipinski definition) is 2. The third-order valence-corrected chi connectivity index (χ3v) is 4.90. The van der Waals surface area contributed by atoms with Crippen LogP contribution in [0.1, 0.15) is 18.4 Å². The minimum absolute atomic E-state index is 0.0317. The standard InChI is InChI=1S/C21H23N3O/c25-21-20-9-8-18(13-17(20)10-11-22-21)23-19-7-4-12-24(15-19)14-16-5-2-1-3-6-16/h1-3,5-6,8-11,13,19,23H,4,7,12,14-15H2,(H,22,25)/t19-/m1/s1. The van der Waals surface area contributed by atoms with Gasteiger partial charge in [0, 0.05) is 36.4 Å². The molecule has 1 aromatic heterocycles. The molecule has 4 heteroatoms. The zero-order valence-corrected chi connectivity index (χ0v) is 14.2. The van der Waals surface area contributed by atoms with Gasteiger partial charge in [-0.3, -0.25) is 9.69 Å². The Hall–Kier alpha value is -2.59. The summed E-state index contributed by atoms with van der Waals surface area (Å²) < 4.78 is 0. The van der Waals surface area contributed by atoms with Crippen LogP contribution in [0, 0.1) is 0 Å². The van der Waals surface area contributed by atoms with Crippen molar-refractivity contribution in [2.75, 3.05) is 18.4 Å². The molecule has 0 radical (unpaired) electrons. The molecule has 1 aliphatic rings. The van der Waals surface area contributed by atoms with Crippen LogP contribution in [-0.2, 0) is 6.54 Å². The first-order valence-corrected chi connectivity index (χ1v) is 8.92. The topological polar surface area (TPSA) is 48.1 Å². The van der Waals surface area contributed by atoms with Gasteiger partial charge in [-0.2, -0.15) is 0 Å². The fourth-order valence-electron chi connectivity index (χ4n) is 3.68. The van der Waals surface area contributed by atoms with E-state index in [1.54, 1.807) is 6.20 Å². The van der Waals surface area contributed by atoms with Crippen molar-refractivity contribution in [2.24, 2.45) is 0 Å². The molecule has 0 saturated carbocycles. The van der Waals surface area contributed by atoms with Crippen LogP contribution in [0.5, 0.6) is 0 Å². The van der Waals surface area contributed by atoms with Gasteiger partial charge >= 0.3 is 0 Å². The number of piperidine rings is 1. The third kappa shape index (κ3) is 3.74. The second kappa shape index (κ2) is 7.11. The van der Waals surface area contributed by atoms with E-state index >= 15 is 0 Å². The lowest BCUT2D eigenvalue weighted by Crippen LogP contribution is -2.41. The minimum Gasteiger partial charge on any atom is -0.381 e. The SMILES string of the molecule is O=c1[nH]ccc2cc(N[C@@H]3CCCN(Cc4ccccc4)C3)ccc12. The molecule has 0 spiro atoms. The number of likely N-dealkylation sites (tertiary alicyclic amines) is 1. The molecule has 3 aromatic rings. The number of pyridine rings is 1. The van der Waals surface area contributed by atoms with Gasteiger partial charge in [0.05, 0.1) is 0 Å². The summed E-state index contributed by atoms with van der Waals surface area (Å²) in [7, 11) is 0. The molecule has 128 valence electrons. The maximum absolute atomic E-state index is 11.8. The Morgan fingerprint density at radius 2 is 2.00 bits per heavy atom. The molecule has 2 heterocycles. The predicted molar refractivity (Wildman–Crippen MR) is 103 cm³/mol. The van der Waals surface area contributed by atoms with Crippen LogP contribution >= 0.6 is 0 Å². The number of anilines is 1. The fourth-order valence-corrected chi connectivity index (χ4v) is 3.68. The second-order valence-corrected chi connectivity index (χ2v) is 6.81. The van der Waals surface area contributed by atoms with E-state index in [2.05, 4.69) is 51.6 Å². The molecule has 1 atom stereocenters. The highest BCUT2D eigenvalue weighted by molar-refractivity contribution is 5.84. The first-order chi connectivity index (χ1) is 12.3. The number of nitrogens with zero attached hydrogens (tertiary/aromatic N) is 1. The minimum atomic E-state index is -0.0317. The highest BCUT2D eigenvalue weighted by atomic mass is 16.1. The first-order valence-electron chi connectivity index (χ1n) is 8.92. The van der Waals surface area contributed by atoms with Gasteiger partial charge in [-0.25, -0.2) is 0 Å². The maximum Gasteiger partial charge on any atom is 0.255 e. The summed E-state index contributed by atoms with van der Waals surface area (Å²) in [6.45, 7) is 3.20. The van der Waals surface area contributed by atoms with Gasteiger partial charge in [-0.05, 0) is 54.6 Å². The summed E-state index contributed by atoms with van der Waals surface area (Å²) in [5.41, 5.74) is 2.42. The van der Waals surface area contributed by atoms with Crippen LogP contribution < -0.4 is 10.9 Å². The number of H-pyrrole nitrogens is 1. The largest absolute Gasteiger partial charge is 0.381 e. The van der Waals surface area contributed by atoms with Crippen LogP contribution in [0.3, 0.4) is 0 Å². The Morgan fingerprint density at radius 1 is 1.12 bits per heavy atom. The van der Waals surface area contributed by atoms with Crippen LogP contribution in [0.2, 0.25) is 0 Å². The summed E-state index contributed by atoms with van der Waals surface area (Å²) in [6.07, 6.45) is 4.09. The smallest absolute Gasteiger partial charge is 0.255 e. The summed E-state index contributed by atoms with van der Waals surface area (Å²) in [6, 6.07) is 19.0. The van der Waals surface area contributed by atoms with Crippen molar-refractivity contribution < 1.29 is 0 Å². The quantitative estimate of drug-likeness (QED) is 0.767. The van der Waals surface area contributed by atoms with Gasteiger partial charge in [-0.15, -0.1) is 0 Å². The third-order valence-electron chi connectivity index (χ3n) is 4.90. The van der Waals surface area contributed by atoms with E-state index in [0.29, 0.717) is 6.04 Å². The highest BCUT2D eigenvalue weighted by Gasteiger charge is 2.19. The van der Waals surface area contributed by atoms with Gasteiger partial charge in [0.25, 0.3) is 5.56 Å². The van der Waals surface area contributed by atoms with Gasteiger partial charge in [0.1, 0.15) is 0 Å². The molecule has 1 aliphatic heterocycles. The van der Waals surface area contributed by atoms with Crippen molar-refractivity contribution in [3.63, 3.8) is 0 Å². The van der Waals surface area contributed by atoms with Crippen molar-refractivity contribution in [2.45, 2.75) is 25.4 Å². The number of aromatic nitrogens is 1. The van der Waals surface area contributed by atoms with E-state index in [1.165, 1.54) is 18.4 Å². The summed E-state index contributed by atoms with van der Waals surface area (Å²) in [4.78, 5) is 17.1. The Kier molecular flexibility index (Phi) is 4.53. The maximum atomic E-state index is 11.8. The van der Waals surface area contributed by atoms with Crippen LogP contribution in [0.15, 0.2) is 65.6 Å². The number of nitrogens with one attached hydrogen (secondary N) is 2. The molecule has 1 saturated heterocycles. The molecule has 4 nitrogen and oxygen atoms in total. The van der Waals surface area contributed by atoms with Gasteiger partial charge in [-0.1, -0.05) is 30.3 Å². The zero-order valence-electron chi connectivity index (χ0n) is 14.2. The number of benzene rings is 2. The summed E-state index contributed by atoms with van der Waals surface area (Å²) >= 11 is 0. The molecule has 2 N–H and O–H groups in total. The number of rotatable bonds is 4. The fraction of sp³-hybridized carbons (Fsp3) is 0.286. The Balaban J connectivity index is 1.44. The van der Waals surface area contributed by atoms with Crippen molar-refractivity contribution >= 4 is 16.5 Å². The molecule has 0 unspecified atom stereocenters. The van der Waals surface area contributed by atoms with E-state index in [4.69, 9.17) is 0 Å². The molecule has 2 aromatic carbocycles. The summed E-state index contributed by atoms with van der Waals surface area (Å²) in [5, 5.41) is 5.37. The van der Waals surface area contributed by atoms with Crippen LogP contribution in [-0.4, -0.2) is 29.0 Å². The lowest BCUT2D eigenvalue weighted by atomic mass is 10.0.